The van der Waals surface area contributed by atoms with E-state index in [4.69, 9.17) is 9.47 Å². The minimum Gasteiger partial charge on any atom is -0.493 e. The van der Waals surface area contributed by atoms with Crippen molar-refractivity contribution in [3.63, 3.8) is 0 Å². The number of sulfone groups is 1. The van der Waals surface area contributed by atoms with E-state index >= 15 is 0 Å². The van der Waals surface area contributed by atoms with Crippen LogP contribution in [0.15, 0.2) is 53.4 Å². The van der Waals surface area contributed by atoms with Crippen LogP contribution in [0.3, 0.4) is 0 Å². The Morgan fingerprint density at radius 1 is 1.04 bits per heavy atom. The molecule has 1 unspecified atom stereocenters. The zero-order valence-electron chi connectivity index (χ0n) is 15.9. The fourth-order valence-electron chi connectivity index (χ4n) is 3.62. The van der Waals surface area contributed by atoms with E-state index in [0.29, 0.717) is 17.4 Å². The second-order valence-electron chi connectivity index (χ2n) is 6.98. The molecule has 1 heterocycles. The fourth-order valence-corrected chi connectivity index (χ4v) is 4.92. The molecule has 0 aliphatic carbocycles. The van der Waals surface area contributed by atoms with Gasteiger partial charge in [-0.2, -0.15) is 0 Å². The van der Waals surface area contributed by atoms with E-state index in [1.54, 1.807) is 38.5 Å². The van der Waals surface area contributed by atoms with Gasteiger partial charge >= 0.3 is 0 Å². The van der Waals surface area contributed by atoms with Crippen molar-refractivity contribution >= 4 is 9.84 Å². The molecule has 2 aromatic rings. The maximum atomic E-state index is 12.4. The summed E-state index contributed by atoms with van der Waals surface area (Å²) in [7, 11) is 0.0668. The highest BCUT2D eigenvalue weighted by Gasteiger charge is 2.25. The summed E-state index contributed by atoms with van der Waals surface area (Å²) in [5.41, 5.74) is 1.22. The molecule has 0 aromatic heterocycles. The van der Waals surface area contributed by atoms with Crippen molar-refractivity contribution in [2.75, 3.05) is 39.6 Å². The Kier molecular flexibility index (Phi) is 6.39. The molecule has 0 amide bonds. The predicted octanol–water partition coefficient (Wildman–Crippen LogP) is 3.04. The fraction of sp³-hybridized carbons (Fsp3) is 0.429. The molecule has 1 fully saturated rings. The predicted molar refractivity (Wildman–Crippen MR) is 106 cm³/mol. The number of ether oxygens (including phenoxy) is 2. The first-order chi connectivity index (χ1) is 13.0. The van der Waals surface area contributed by atoms with Crippen molar-refractivity contribution in [1.82, 2.24) is 4.90 Å². The second kappa shape index (κ2) is 8.76. The van der Waals surface area contributed by atoms with Crippen LogP contribution >= 0.6 is 0 Å². The number of likely N-dealkylation sites (tertiary alicyclic amines) is 1. The lowest BCUT2D eigenvalue weighted by atomic mass is 9.98. The van der Waals surface area contributed by atoms with Gasteiger partial charge in [0.15, 0.2) is 21.3 Å². The Labute approximate surface area is 161 Å². The van der Waals surface area contributed by atoms with E-state index in [1.165, 1.54) is 5.56 Å². The van der Waals surface area contributed by atoms with Gasteiger partial charge in [-0.15, -0.1) is 0 Å². The van der Waals surface area contributed by atoms with Gasteiger partial charge in [-0.1, -0.05) is 24.3 Å². The van der Waals surface area contributed by atoms with E-state index in [9.17, 15) is 8.42 Å². The van der Waals surface area contributed by atoms with Crippen LogP contribution in [-0.4, -0.2) is 52.9 Å². The zero-order valence-corrected chi connectivity index (χ0v) is 16.7. The van der Waals surface area contributed by atoms with E-state index in [2.05, 4.69) is 11.0 Å². The molecule has 27 heavy (non-hydrogen) atoms. The first-order valence-electron chi connectivity index (χ1n) is 9.23. The molecule has 0 bridgehead atoms. The molecule has 0 spiro atoms. The van der Waals surface area contributed by atoms with Crippen molar-refractivity contribution in [1.29, 1.82) is 0 Å². The van der Waals surface area contributed by atoms with E-state index in [-0.39, 0.29) is 5.75 Å². The average Bonchev–Trinajstić information content (AvgIpc) is 3.14. The van der Waals surface area contributed by atoms with Crippen molar-refractivity contribution in [3.05, 3.63) is 54.1 Å². The summed E-state index contributed by atoms with van der Waals surface area (Å²) < 4.78 is 35.5. The highest BCUT2D eigenvalue weighted by Crippen LogP contribution is 2.30. The van der Waals surface area contributed by atoms with Gasteiger partial charge in [-0.3, -0.25) is 0 Å². The lowest BCUT2D eigenvalue weighted by Gasteiger charge is -2.16. The first kappa shape index (κ1) is 19.7. The van der Waals surface area contributed by atoms with Gasteiger partial charge in [0.1, 0.15) is 0 Å². The van der Waals surface area contributed by atoms with Gasteiger partial charge < -0.3 is 14.4 Å². The van der Waals surface area contributed by atoms with Crippen LogP contribution in [0.2, 0.25) is 0 Å². The van der Waals surface area contributed by atoms with Gasteiger partial charge in [0, 0.05) is 13.1 Å². The lowest BCUT2D eigenvalue weighted by molar-refractivity contribution is 0.341. The monoisotopic (exact) mass is 389 g/mol. The quantitative estimate of drug-likeness (QED) is 0.695. The van der Waals surface area contributed by atoms with Crippen molar-refractivity contribution in [3.8, 4) is 11.5 Å². The van der Waals surface area contributed by atoms with Crippen LogP contribution in [0, 0.1) is 5.92 Å². The Hall–Kier alpha value is -2.05. The number of rotatable bonds is 8. The van der Waals surface area contributed by atoms with Crippen molar-refractivity contribution in [2.24, 2.45) is 5.92 Å². The molecule has 6 heteroatoms. The number of benzene rings is 2. The maximum absolute atomic E-state index is 12.4. The highest BCUT2D eigenvalue weighted by molar-refractivity contribution is 7.91. The van der Waals surface area contributed by atoms with Gasteiger partial charge in [-0.25, -0.2) is 8.42 Å². The molecule has 146 valence electrons. The Morgan fingerprint density at radius 3 is 2.48 bits per heavy atom. The number of hydrogen-bond donors (Lipinski definition) is 0. The third-order valence-corrected chi connectivity index (χ3v) is 6.83. The van der Waals surface area contributed by atoms with Gasteiger partial charge in [0.2, 0.25) is 0 Å². The molecule has 0 radical (unpaired) electrons. The molecule has 1 saturated heterocycles. The largest absolute Gasteiger partial charge is 0.493 e. The topological polar surface area (TPSA) is 55.8 Å². The van der Waals surface area contributed by atoms with Crippen molar-refractivity contribution in [2.45, 2.75) is 17.7 Å². The van der Waals surface area contributed by atoms with Crippen molar-refractivity contribution < 1.29 is 17.9 Å². The number of hydrogen-bond acceptors (Lipinski definition) is 5. The van der Waals surface area contributed by atoms with E-state index < -0.39 is 9.84 Å². The third kappa shape index (κ3) is 5.02. The Balaban J connectivity index is 1.53. The third-order valence-electron chi connectivity index (χ3n) is 5.12. The Bertz CT molecular complexity index is 852. The summed E-state index contributed by atoms with van der Waals surface area (Å²) in [5.74, 6) is 2.18. The second-order valence-corrected chi connectivity index (χ2v) is 9.09. The molecule has 1 atom stereocenters. The molecule has 5 nitrogen and oxygen atoms in total. The molecule has 1 aliphatic rings. The molecule has 0 N–H and O–H groups in total. The van der Waals surface area contributed by atoms with Gasteiger partial charge in [0.25, 0.3) is 0 Å². The highest BCUT2D eigenvalue weighted by atomic mass is 32.2. The Morgan fingerprint density at radius 2 is 1.78 bits per heavy atom. The van der Waals surface area contributed by atoms with E-state index in [0.717, 1.165) is 37.4 Å². The minimum absolute atomic E-state index is 0.167. The van der Waals surface area contributed by atoms with Gasteiger partial charge in [0.05, 0.1) is 24.9 Å². The van der Waals surface area contributed by atoms with Crippen LogP contribution in [0.5, 0.6) is 11.5 Å². The standard InChI is InChI=1S/C21H27NO4S/c1-25-20-9-8-17(15-21(20)26-2)14-18-10-11-22(16-18)12-13-27(23,24)19-6-4-3-5-7-19/h3-9,15,18H,10-14,16H2,1-2H3. The summed E-state index contributed by atoms with van der Waals surface area (Å²) >= 11 is 0. The van der Waals surface area contributed by atoms with E-state index in [1.807, 2.05) is 18.2 Å². The van der Waals surface area contributed by atoms with Crippen LogP contribution in [0.4, 0.5) is 0 Å². The summed E-state index contributed by atoms with van der Waals surface area (Å²) in [4.78, 5) is 2.66. The smallest absolute Gasteiger partial charge is 0.179 e. The summed E-state index contributed by atoms with van der Waals surface area (Å²) in [6.45, 7) is 2.46. The normalized spacial score (nSPS) is 17.8. The lowest BCUT2D eigenvalue weighted by Crippen LogP contribution is -2.27. The minimum atomic E-state index is -3.21. The summed E-state index contributed by atoms with van der Waals surface area (Å²) in [6.07, 6.45) is 2.04. The average molecular weight is 390 g/mol. The molecule has 3 rings (SSSR count). The maximum Gasteiger partial charge on any atom is 0.179 e. The number of methoxy groups -OCH3 is 2. The van der Waals surface area contributed by atoms with Crippen LogP contribution < -0.4 is 9.47 Å². The van der Waals surface area contributed by atoms with Crippen LogP contribution in [-0.2, 0) is 16.3 Å². The zero-order chi connectivity index (χ0) is 19.3. The van der Waals surface area contributed by atoms with Gasteiger partial charge in [-0.05, 0) is 55.1 Å². The molecular formula is C21H27NO4S. The molecule has 1 aliphatic heterocycles. The summed E-state index contributed by atoms with van der Waals surface area (Å²) in [5, 5.41) is 0. The molecular weight excluding hydrogens is 362 g/mol. The molecule has 2 aromatic carbocycles. The first-order valence-corrected chi connectivity index (χ1v) is 10.9. The summed E-state index contributed by atoms with van der Waals surface area (Å²) in [6, 6.07) is 14.7. The van der Waals surface area contributed by atoms with Crippen LogP contribution in [0.1, 0.15) is 12.0 Å². The SMILES string of the molecule is COc1ccc(CC2CCN(CCS(=O)(=O)c3ccccc3)C2)cc1OC. The number of nitrogens with zero attached hydrogens (tertiary/aromatic N) is 1. The molecule has 0 saturated carbocycles. The van der Waals surface area contributed by atoms with Crippen LogP contribution in [0.25, 0.3) is 0 Å².